The number of halogens is 1. The van der Waals surface area contributed by atoms with Gasteiger partial charge in [0.1, 0.15) is 0 Å². The molecule has 4 rings (SSSR count). The fourth-order valence-electron chi connectivity index (χ4n) is 3.22. The molecule has 0 spiro atoms. The number of hydrogen-bond donors (Lipinski definition) is 2. The van der Waals surface area contributed by atoms with Crippen LogP contribution < -0.4 is 15.5 Å². The predicted molar refractivity (Wildman–Crippen MR) is 113 cm³/mol. The lowest BCUT2D eigenvalue weighted by Crippen LogP contribution is -2.29. The number of amides is 2. The third-order valence-electron chi connectivity index (χ3n) is 4.70. The molecule has 6 heteroatoms. The maximum absolute atomic E-state index is 12.1. The second-order valence-corrected chi connectivity index (χ2v) is 7.89. The van der Waals surface area contributed by atoms with Crippen LogP contribution >= 0.6 is 22.9 Å². The molecule has 3 aromatic rings. The fourth-order valence-corrected chi connectivity index (χ4v) is 4.31. The number of carbonyl (C=O) groups excluding carboxylic acids is 1. The van der Waals surface area contributed by atoms with Gasteiger partial charge in [0.15, 0.2) is 0 Å². The van der Waals surface area contributed by atoms with Crippen LogP contribution in [0.5, 0.6) is 0 Å². The maximum atomic E-state index is 12.1. The summed E-state index contributed by atoms with van der Waals surface area (Å²) < 4.78 is 0. The summed E-state index contributed by atoms with van der Waals surface area (Å²) in [7, 11) is 0. The fraction of sp³-hybridized carbons (Fsp3) is 0.190. The zero-order valence-corrected chi connectivity index (χ0v) is 16.3. The van der Waals surface area contributed by atoms with E-state index in [1.165, 1.54) is 16.1 Å². The molecule has 2 heterocycles. The van der Waals surface area contributed by atoms with Crippen molar-refractivity contribution in [3.63, 3.8) is 0 Å². The molecule has 0 radical (unpaired) electrons. The summed E-state index contributed by atoms with van der Waals surface area (Å²) in [5.74, 6) is 0. The van der Waals surface area contributed by atoms with Crippen molar-refractivity contribution in [1.82, 2.24) is 5.32 Å². The number of nitrogens with zero attached hydrogens (tertiary/aromatic N) is 1. The van der Waals surface area contributed by atoms with E-state index in [-0.39, 0.29) is 6.03 Å². The summed E-state index contributed by atoms with van der Waals surface area (Å²) in [6.45, 7) is 2.36. The summed E-state index contributed by atoms with van der Waals surface area (Å²) in [4.78, 5) is 16.0. The number of urea groups is 1. The van der Waals surface area contributed by atoms with E-state index in [9.17, 15) is 4.79 Å². The Morgan fingerprint density at radius 3 is 2.74 bits per heavy atom. The van der Waals surface area contributed by atoms with Crippen LogP contribution in [0.15, 0.2) is 60.0 Å². The van der Waals surface area contributed by atoms with Crippen LogP contribution in [0.2, 0.25) is 5.02 Å². The SMILES string of the molecule is O=C(NCc1ccccc1Cl)Nc1ccc(N2CCc3sccc3C2)cc1. The molecule has 0 aliphatic carbocycles. The molecule has 0 unspecified atom stereocenters. The Hall–Kier alpha value is -2.50. The Kier molecular flexibility index (Phi) is 5.32. The molecule has 0 bridgehead atoms. The average Bonchev–Trinajstić information content (AvgIpc) is 3.16. The molecule has 1 aromatic heterocycles. The van der Waals surface area contributed by atoms with Gasteiger partial charge < -0.3 is 15.5 Å². The zero-order chi connectivity index (χ0) is 18.6. The summed E-state index contributed by atoms with van der Waals surface area (Å²) in [5, 5.41) is 8.51. The Morgan fingerprint density at radius 2 is 1.93 bits per heavy atom. The first-order chi connectivity index (χ1) is 13.2. The van der Waals surface area contributed by atoms with Crippen molar-refractivity contribution in [2.45, 2.75) is 19.5 Å². The lowest BCUT2D eigenvalue weighted by molar-refractivity contribution is 0.251. The van der Waals surface area contributed by atoms with Gasteiger partial charge in [0.25, 0.3) is 0 Å². The number of fused-ring (bicyclic) bond motifs is 1. The van der Waals surface area contributed by atoms with Crippen LogP contribution in [0, 0.1) is 0 Å². The molecule has 27 heavy (non-hydrogen) atoms. The molecule has 0 atom stereocenters. The number of rotatable bonds is 4. The molecule has 2 amide bonds. The van der Waals surface area contributed by atoms with Crippen molar-refractivity contribution in [1.29, 1.82) is 0 Å². The summed E-state index contributed by atoms with van der Waals surface area (Å²) in [5.41, 5.74) is 4.26. The molecule has 138 valence electrons. The molecule has 1 aliphatic heterocycles. The van der Waals surface area contributed by atoms with Crippen molar-refractivity contribution in [3.8, 4) is 0 Å². The van der Waals surface area contributed by atoms with E-state index in [1.807, 2.05) is 47.7 Å². The third-order valence-corrected chi connectivity index (χ3v) is 6.09. The topological polar surface area (TPSA) is 44.4 Å². The average molecular weight is 398 g/mol. The monoisotopic (exact) mass is 397 g/mol. The van der Waals surface area contributed by atoms with Crippen molar-refractivity contribution in [2.24, 2.45) is 0 Å². The quantitative estimate of drug-likeness (QED) is 0.628. The normalized spacial score (nSPS) is 13.1. The van der Waals surface area contributed by atoms with Gasteiger partial charge in [-0.05, 0) is 59.3 Å². The van der Waals surface area contributed by atoms with Crippen LogP contribution in [-0.4, -0.2) is 12.6 Å². The summed E-state index contributed by atoms with van der Waals surface area (Å²) >= 11 is 7.95. The lowest BCUT2D eigenvalue weighted by atomic mass is 10.1. The highest BCUT2D eigenvalue weighted by Crippen LogP contribution is 2.28. The molecule has 0 saturated carbocycles. The largest absolute Gasteiger partial charge is 0.367 e. The Morgan fingerprint density at radius 1 is 1.11 bits per heavy atom. The smallest absolute Gasteiger partial charge is 0.319 e. The van der Waals surface area contributed by atoms with Crippen LogP contribution in [0.3, 0.4) is 0 Å². The first-order valence-corrected chi connectivity index (χ1v) is 10.1. The van der Waals surface area contributed by atoms with Gasteiger partial charge in [0.2, 0.25) is 0 Å². The first kappa shape index (κ1) is 17.9. The number of carbonyl (C=O) groups is 1. The molecular formula is C21H20ClN3OS. The maximum Gasteiger partial charge on any atom is 0.319 e. The van der Waals surface area contributed by atoms with E-state index < -0.39 is 0 Å². The van der Waals surface area contributed by atoms with Crippen LogP contribution in [0.1, 0.15) is 16.0 Å². The van der Waals surface area contributed by atoms with Gasteiger partial charge >= 0.3 is 6.03 Å². The van der Waals surface area contributed by atoms with Crippen LogP contribution in [-0.2, 0) is 19.5 Å². The van der Waals surface area contributed by atoms with Gasteiger partial charge in [-0.15, -0.1) is 11.3 Å². The number of thiophene rings is 1. The second kappa shape index (κ2) is 8.03. The Labute approximate surface area is 167 Å². The van der Waals surface area contributed by atoms with Crippen molar-refractivity contribution >= 4 is 40.3 Å². The Bertz CT molecular complexity index is 939. The van der Waals surface area contributed by atoms with Gasteiger partial charge in [-0.3, -0.25) is 0 Å². The molecule has 1 aliphatic rings. The van der Waals surface area contributed by atoms with Gasteiger partial charge in [0.05, 0.1) is 0 Å². The Balaban J connectivity index is 1.33. The molecule has 2 N–H and O–H groups in total. The highest BCUT2D eigenvalue weighted by atomic mass is 35.5. The predicted octanol–water partition coefficient (Wildman–Crippen LogP) is 5.29. The first-order valence-electron chi connectivity index (χ1n) is 8.87. The van der Waals surface area contributed by atoms with Crippen LogP contribution in [0.4, 0.5) is 16.2 Å². The van der Waals surface area contributed by atoms with E-state index in [1.54, 1.807) is 0 Å². The summed E-state index contributed by atoms with van der Waals surface area (Å²) in [6, 6.07) is 17.4. The van der Waals surface area contributed by atoms with Gasteiger partial charge in [-0.2, -0.15) is 0 Å². The number of hydrogen-bond acceptors (Lipinski definition) is 3. The lowest BCUT2D eigenvalue weighted by Gasteiger charge is -2.29. The van der Waals surface area contributed by atoms with Crippen molar-refractivity contribution < 1.29 is 4.79 Å². The molecule has 0 saturated heterocycles. The minimum atomic E-state index is -0.247. The van der Waals surface area contributed by atoms with Crippen molar-refractivity contribution in [2.75, 3.05) is 16.8 Å². The van der Waals surface area contributed by atoms with Crippen LogP contribution in [0.25, 0.3) is 0 Å². The highest BCUT2D eigenvalue weighted by molar-refractivity contribution is 7.10. The van der Waals surface area contributed by atoms with E-state index in [0.717, 1.165) is 30.8 Å². The third kappa shape index (κ3) is 4.26. The van der Waals surface area contributed by atoms with E-state index >= 15 is 0 Å². The van der Waals surface area contributed by atoms with Crippen molar-refractivity contribution in [3.05, 3.63) is 81.0 Å². The standard InChI is InChI=1S/C21H20ClN3OS/c22-19-4-2-1-3-15(19)13-23-21(26)24-17-5-7-18(8-6-17)25-11-9-20-16(14-25)10-12-27-20/h1-8,10,12H,9,11,13-14H2,(H2,23,24,26). The zero-order valence-electron chi connectivity index (χ0n) is 14.7. The van der Waals surface area contributed by atoms with Gasteiger partial charge in [-0.25, -0.2) is 4.79 Å². The number of anilines is 2. The van der Waals surface area contributed by atoms with E-state index in [0.29, 0.717) is 11.6 Å². The molecular weight excluding hydrogens is 378 g/mol. The van der Waals surface area contributed by atoms with E-state index in [2.05, 4.69) is 39.1 Å². The molecule has 4 nitrogen and oxygen atoms in total. The minimum Gasteiger partial charge on any atom is -0.367 e. The molecule has 0 fully saturated rings. The highest BCUT2D eigenvalue weighted by Gasteiger charge is 2.17. The van der Waals surface area contributed by atoms with Gasteiger partial charge in [-0.1, -0.05) is 29.8 Å². The second-order valence-electron chi connectivity index (χ2n) is 6.49. The number of benzene rings is 2. The van der Waals surface area contributed by atoms with Gasteiger partial charge in [0, 0.05) is 40.9 Å². The molecule has 2 aromatic carbocycles. The minimum absolute atomic E-state index is 0.247. The number of nitrogens with one attached hydrogen (secondary N) is 2. The summed E-state index contributed by atoms with van der Waals surface area (Å²) in [6.07, 6.45) is 1.09. The van der Waals surface area contributed by atoms with E-state index in [4.69, 9.17) is 11.6 Å².